The van der Waals surface area contributed by atoms with Crippen LogP contribution in [0.1, 0.15) is 20.8 Å². The van der Waals surface area contributed by atoms with Crippen molar-refractivity contribution in [3.8, 4) is 0 Å². The maximum absolute atomic E-state index is 12.5. The normalized spacial score (nSPS) is 12.3. The molecule has 0 radical (unpaired) electrons. The van der Waals surface area contributed by atoms with Gasteiger partial charge in [-0.3, -0.25) is 9.00 Å². The lowest BCUT2D eigenvalue weighted by molar-refractivity contribution is 0.103. The summed E-state index contributed by atoms with van der Waals surface area (Å²) >= 11 is 1.48. The summed E-state index contributed by atoms with van der Waals surface area (Å²) in [6, 6.07) is 15.6. The van der Waals surface area contributed by atoms with Crippen molar-refractivity contribution in [1.29, 1.82) is 0 Å². The Bertz CT molecular complexity index is 866. The molecule has 0 spiro atoms. The van der Waals surface area contributed by atoms with Gasteiger partial charge in [0.15, 0.2) is 0 Å². The van der Waals surface area contributed by atoms with Gasteiger partial charge >= 0.3 is 0 Å². The van der Waals surface area contributed by atoms with Crippen LogP contribution in [0.5, 0.6) is 0 Å². The minimum absolute atomic E-state index is 0.107. The van der Waals surface area contributed by atoms with Gasteiger partial charge in [0.1, 0.15) is 0 Å². The summed E-state index contributed by atoms with van der Waals surface area (Å²) in [5, 5.41) is 4.05. The van der Waals surface area contributed by atoms with Crippen LogP contribution in [0.15, 0.2) is 48.5 Å². The van der Waals surface area contributed by atoms with Gasteiger partial charge in [0.2, 0.25) is 0 Å². The number of carbonyl (C=O) groups excluding carboxylic acids is 1. The molecule has 1 aromatic heterocycles. The third kappa shape index (κ3) is 3.51. The maximum Gasteiger partial charge on any atom is 0.265 e. The number of rotatable bonds is 4. The van der Waals surface area contributed by atoms with Crippen LogP contribution in [0.4, 0.5) is 5.69 Å². The molecule has 1 atom stereocenters. The fourth-order valence-electron chi connectivity index (χ4n) is 2.47. The molecule has 1 heterocycles. The lowest BCUT2D eigenvalue weighted by Gasteiger charge is -2.11. The first kappa shape index (κ1) is 15.9. The van der Waals surface area contributed by atoms with E-state index in [4.69, 9.17) is 0 Å². The number of fused-ring (bicyclic) bond motifs is 1. The van der Waals surface area contributed by atoms with Gasteiger partial charge in [0, 0.05) is 33.2 Å². The van der Waals surface area contributed by atoms with Crippen LogP contribution in [-0.4, -0.2) is 16.4 Å². The molecule has 0 fully saturated rings. The minimum Gasteiger partial charge on any atom is -0.321 e. The molecule has 0 aliphatic rings. The molecule has 118 valence electrons. The molecule has 0 bridgehead atoms. The van der Waals surface area contributed by atoms with Crippen molar-refractivity contribution in [3.05, 3.63) is 64.5 Å². The Morgan fingerprint density at radius 2 is 1.96 bits per heavy atom. The number of hydrogen-bond acceptors (Lipinski definition) is 3. The zero-order valence-corrected chi connectivity index (χ0v) is 14.6. The SMILES string of the molecule is Cc1c(CS(C)=O)cccc1NC(=O)c1cc2ccccc2s1. The fraction of sp³-hybridized carbons (Fsp3) is 0.167. The summed E-state index contributed by atoms with van der Waals surface area (Å²) in [5.74, 6) is 0.391. The number of benzene rings is 2. The van der Waals surface area contributed by atoms with Crippen molar-refractivity contribution in [2.75, 3.05) is 11.6 Å². The van der Waals surface area contributed by atoms with Gasteiger partial charge in [0.25, 0.3) is 5.91 Å². The number of thiophene rings is 1. The first-order valence-corrected chi connectivity index (χ1v) is 9.77. The van der Waals surface area contributed by atoms with E-state index in [-0.39, 0.29) is 5.91 Å². The van der Waals surface area contributed by atoms with Crippen LogP contribution in [0.3, 0.4) is 0 Å². The van der Waals surface area contributed by atoms with E-state index in [0.717, 1.165) is 26.9 Å². The van der Waals surface area contributed by atoms with Crippen LogP contribution < -0.4 is 5.32 Å². The molecule has 23 heavy (non-hydrogen) atoms. The Kier molecular flexibility index (Phi) is 4.59. The lowest BCUT2D eigenvalue weighted by Crippen LogP contribution is -2.12. The number of nitrogens with one attached hydrogen (secondary N) is 1. The number of amides is 1. The first-order chi connectivity index (χ1) is 11.0. The molecule has 1 N–H and O–H groups in total. The molecule has 2 aromatic carbocycles. The standard InChI is InChI=1S/C18H17NO2S2/c1-12-14(11-23(2)21)7-5-8-15(12)19-18(20)17-10-13-6-3-4-9-16(13)22-17/h3-10H,11H2,1-2H3,(H,19,20). The summed E-state index contributed by atoms with van der Waals surface area (Å²) in [7, 11) is -0.905. The molecule has 3 rings (SSSR count). The van der Waals surface area contributed by atoms with E-state index in [2.05, 4.69) is 5.32 Å². The van der Waals surface area contributed by atoms with E-state index >= 15 is 0 Å². The highest BCUT2D eigenvalue weighted by Gasteiger charge is 2.13. The molecule has 5 heteroatoms. The molecule has 0 aliphatic carbocycles. The molecule has 3 aromatic rings. The minimum atomic E-state index is -0.905. The predicted octanol–water partition coefficient (Wildman–Crippen LogP) is 4.34. The zero-order valence-electron chi connectivity index (χ0n) is 13.0. The quantitative estimate of drug-likeness (QED) is 0.766. The van der Waals surface area contributed by atoms with E-state index in [0.29, 0.717) is 10.6 Å². The van der Waals surface area contributed by atoms with E-state index in [1.807, 2.05) is 55.5 Å². The number of carbonyl (C=O) groups is 1. The van der Waals surface area contributed by atoms with Gasteiger partial charge in [-0.05, 0) is 41.6 Å². The topological polar surface area (TPSA) is 46.2 Å². The Hall–Kier alpha value is -1.98. The van der Waals surface area contributed by atoms with Crippen LogP contribution in [0.2, 0.25) is 0 Å². The van der Waals surface area contributed by atoms with Crippen molar-refractivity contribution < 1.29 is 9.00 Å². The fourth-order valence-corrected chi connectivity index (χ4v) is 4.18. The molecular formula is C18H17NO2S2. The summed E-state index contributed by atoms with van der Waals surface area (Å²) in [6.45, 7) is 1.95. The first-order valence-electron chi connectivity index (χ1n) is 7.23. The average molecular weight is 343 g/mol. The molecule has 0 saturated carbocycles. The molecule has 1 unspecified atom stereocenters. The highest BCUT2D eigenvalue weighted by molar-refractivity contribution is 7.83. The molecular weight excluding hydrogens is 326 g/mol. The van der Waals surface area contributed by atoms with Crippen LogP contribution >= 0.6 is 11.3 Å². The van der Waals surface area contributed by atoms with Crippen LogP contribution in [0, 0.1) is 6.92 Å². The van der Waals surface area contributed by atoms with Crippen molar-refractivity contribution in [2.24, 2.45) is 0 Å². The van der Waals surface area contributed by atoms with Crippen LogP contribution in [0.25, 0.3) is 10.1 Å². The summed E-state index contributed by atoms with van der Waals surface area (Å²) in [5.41, 5.74) is 2.74. The smallest absolute Gasteiger partial charge is 0.265 e. The van der Waals surface area contributed by atoms with E-state index in [1.165, 1.54) is 11.3 Å². The Morgan fingerprint density at radius 3 is 2.70 bits per heavy atom. The third-order valence-electron chi connectivity index (χ3n) is 3.70. The van der Waals surface area contributed by atoms with Crippen molar-refractivity contribution in [1.82, 2.24) is 0 Å². The van der Waals surface area contributed by atoms with Crippen molar-refractivity contribution in [2.45, 2.75) is 12.7 Å². The van der Waals surface area contributed by atoms with Crippen LogP contribution in [-0.2, 0) is 16.6 Å². The van der Waals surface area contributed by atoms with E-state index in [9.17, 15) is 9.00 Å². The maximum atomic E-state index is 12.5. The monoisotopic (exact) mass is 343 g/mol. The molecule has 3 nitrogen and oxygen atoms in total. The Balaban J connectivity index is 1.86. The summed E-state index contributed by atoms with van der Waals surface area (Å²) in [6.07, 6.45) is 1.68. The molecule has 1 amide bonds. The Labute approximate surface area is 141 Å². The average Bonchev–Trinajstić information content (AvgIpc) is 2.95. The highest BCUT2D eigenvalue weighted by atomic mass is 32.2. The highest BCUT2D eigenvalue weighted by Crippen LogP contribution is 2.27. The predicted molar refractivity (Wildman–Crippen MR) is 98.7 cm³/mol. The zero-order chi connectivity index (χ0) is 16.4. The van der Waals surface area contributed by atoms with E-state index < -0.39 is 10.8 Å². The number of anilines is 1. The van der Waals surface area contributed by atoms with Crippen molar-refractivity contribution in [3.63, 3.8) is 0 Å². The van der Waals surface area contributed by atoms with E-state index in [1.54, 1.807) is 6.26 Å². The number of hydrogen-bond donors (Lipinski definition) is 1. The van der Waals surface area contributed by atoms with Gasteiger partial charge in [-0.1, -0.05) is 30.3 Å². The summed E-state index contributed by atoms with van der Waals surface area (Å²) in [4.78, 5) is 13.2. The second kappa shape index (κ2) is 6.64. The Morgan fingerprint density at radius 1 is 1.17 bits per heavy atom. The summed E-state index contributed by atoms with van der Waals surface area (Å²) < 4.78 is 12.5. The van der Waals surface area contributed by atoms with Crippen molar-refractivity contribution >= 4 is 43.8 Å². The van der Waals surface area contributed by atoms with Gasteiger partial charge in [-0.2, -0.15) is 0 Å². The lowest BCUT2D eigenvalue weighted by atomic mass is 10.1. The largest absolute Gasteiger partial charge is 0.321 e. The second-order valence-corrected chi connectivity index (χ2v) is 7.93. The molecule has 0 saturated heterocycles. The van der Waals surface area contributed by atoms with Gasteiger partial charge in [-0.15, -0.1) is 11.3 Å². The third-order valence-corrected chi connectivity index (χ3v) is 5.53. The molecule has 0 aliphatic heterocycles. The van der Waals surface area contributed by atoms with Gasteiger partial charge in [0.05, 0.1) is 4.88 Å². The van der Waals surface area contributed by atoms with Gasteiger partial charge in [-0.25, -0.2) is 0 Å². The van der Waals surface area contributed by atoms with Gasteiger partial charge < -0.3 is 5.32 Å². The second-order valence-electron chi connectivity index (χ2n) is 5.41.